The maximum atomic E-state index is 11.6. The third kappa shape index (κ3) is 7.16. The Morgan fingerprint density at radius 1 is 0.250 bits per heavy atom. The molecular weight excluding hydrogens is 1020 g/mol. The highest BCUT2D eigenvalue weighted by molar-refractivity contribution is 6.14. The van der Waals surface area contributed by atoms with Gasteiger partial charge in [-0.2, -0.15) is 5.26 Å². The second-order valence-corrected chi connectivity index (χ2v) is 21.4. The highest BCUT2D eigenvalue weighted by Crippen LogP contribution is 2.43. The standard InChI is InChI=1S/C76H46N8/c77-47-63-53(30-19-37-70(63)83-68-35-17-11-28-58(68)60-45-51(39-42-71(60)83)81-64-31-13-7-24-54(64)55-25-8-14-32-65(55)81)50-38-41-73(62(44-50)76-79-74(48-20-3-1-4-21-48)78-75(80-76)49-22-5-2-6-23-49)84-69-36-18-12-29-59(69)61-46-52(40-43-72(61)84)82-66-33-15-9-26-56(66)57-27-10-16-34-67(57)82/h1-46H. The fraction of sp³-hybridized carbons (Fsp3) is 0. The summed E-state index contributed by atoms with van der Waals surface area (Å²) in [6.07, 6.45) is 0. The molecule has 0 atom stereocenters. The maximum Gasteiger partial charge on any atom is 0.166 e. The predicted octanol–water partition coefficient (Wildman–Crippen LogP) is 18.8. The van der Waals surface area contributed by atoms with Gasteiger partial charge in [-0.05, 0) is 96.6 Å². The quantitative estimate of drug-likeness (QED) is 0.152. The summed E-state index contributed by atoms with van der Waals surface area (Å²) in [4.78, 5) is 15.9. The van der Waals surface area contributed by atoms with E-state index in [1.165, 1.54) is 21.5 Å². The highest BCUT2D eigenvalue weighted by Gasteiger charge is 2.25. The topological polar surface area (TPSA) is 82.2 Å². The molecule has 5 heterocycles. The number of aromatic nitrogens is 7. The molecule has 8 nitrogen and oxygen atoms in total. The Morgan fingerprint density at radius 2 is 0.619 bits per heavy atom. The molecule has 17 rings (SSSR count). The molecule has 0 saturated carbocycles. The Labute approximate surface area is 481 Å². The van der Waals surface area contributed by atoms with Gasteiger partial charge in [0.1, 0.15) is 6.07 Å². The normalized spacial score (nSPS) is 11.8. The van der Waals surface area contributed by atoms with Crippen LogP contribution >= 0.6 is 0 Å². The van der Waals surface area contributed by atoms with E-state index in [0.717, 1.165) is 116 Å². The van der Waals surface area contributed by atoms with Gasteiger partial charge in [0.15, 0.2) is 17.5 Å². The summed E-state index contributed by atoms with van der Waals surface area (Å²) < 4.78 is 9.34. The summed E-state index contributed by atoms with van der Waals surface area (Å²) in [5.41, 5.74) is 17.2. The van der Waals surface area contributed by atoms with E-state index in [2.05, 4.69) is 243 Å². The lowest BCUT2D eigenvalue weighted by molar-refractivity contribution is 1.06. The van der Waals surface area contributed by atoms with Gasteiger partial charge in [0.25, 0.3) is 0 Å². The van der Waals surface area contributed by atoms with Crippen LogP contribution in [0, 0.1) is 11.3 Å². The monoisotopic (exact) mass is 1070 g/mol. The van der Waals surface area contributed by atoms with Gasteiger partial charge in [-0.15, -0.1) is 0 Å². The molecular formula is C76H46N8. The minimum Gasteiger partial charge on any atom is -0.309 e. The number of hydrogen-bond donors (Lipinski definition) is 0. The molecule has 0 N–H and O–H groups in total. The van der Waals surface area contributed by atoms with Crippen LogP contribution in [-0.4, -0.2) is 33.2 Å². The van der Waals surface area contributed by atoms with Crippen molar-refractivity contribution < 1.29 is 0 Å². The van der Waals surface area contributed by atoms with E-state index >= 15 is 0 Å². The van der Waals surface area contributed by atoms with E-state index in [0.29, 0.717) is 23.0 Å². The van der Waals surface area contributed by atoms with E-state index in [4.69, 9.17) is 15.0 Å². The highest BCUT2D eigenvalue weighted by atomic mass is 15.1. The van der Waals surface area contributed by atoms with Crippen molar-refractivity contribution in [2.24, 2.45) is 0 Å². The minimum absolute atomic E-state index is 0.503. The molecule has 0 radical (unpaired) electrons. The van der Waals surface area contributed by atoms with Crippen LogP contribution in [0.1, 0.15) is 5.56 Å². The Morgan fingerprint density at radius 3 is 1.06 bits per heavy atom. The first-order valence-electron chi connectivity index (χ1n) is 28.2. The van der Waals surface area contributed by atoms with Crippen LogP contribution < -0.4 is 0 Å². The largest absolute Gasteiger partial charge is 0.309 e. The van der Waals surface area contributed by atoms with Crippen LogP contribution in [0.25, 0.3) is 155 Å². The SMILES string of the molecule is N#Cc1c(-c2ccc(-n3c4ccccc4c4cc(-n5c6ccccc6c6ccccc65)ccc43)c(-c3nc(-c4ccccc4)nc(-c4ccccc4)n3)c2)cccc1-n1c2ccccc2c2cc(-n3c4ccccc4c4ccccc43)ccc21. The molecule has 0 aliphatic heterocycles. The second kappa shape index (κ2) is 18.7. The maximum absolute atomic E-state index is 11.6. The number of fused-ring (bicyclic) bond motifs is 12. The van der Waals surface area contributed by atoms with Crippen molar-refractivity contribution >= 4 is 87.2 Å². The molecule has 0 fully saturated rings. The predicted molar refractivity (Wildman–Crippen MR) is 344 cm³/mol. The van der Waals surface area contributed by atoms with Crippen molar-refractivity contribution in [3.05, 3.63) is 285 Å². The zero-order valence-electron chi connectivity index (χ0n) is 45.1. The van der Waals surface area contributed by atoms with Crippen molar-refractivity contribution in [1.82, 2.24) is 33.2 Å². The number of rotatable bonds is 8. The van der Waals surface area contributed by atoms with Crippen LogP contribution in [0.2, 0.25) is 0 Å². The van der Waals surface area contributed by atoms with Gasteiger partial charge >= 0.3 is 0 Å². The number of benzene rings is 12. The third-order valence-corrected chi connectivity index (χ3v) is 16.9. The second-order valence-electron chi connectivity index (χ2n) is 21.4. The fourth-order valence-electron chi connectivity index (χ4n) is 13.2. The van der Waals surface area contributed by atoms with Gasteiger partial charge in [-0.25, -0.2) is 15.0 Å². The molecule has 0 unspecified atom stereocenters. The lowest BCUT2D eigenvalue weighted by Crippen LogP contribution is -2.04. The molecule has 0 bridgehead atoms. The zero-order valence-corrected chi connectivity index (χ0v) is 45.1. The van der Waals surface area contributed by atoms with Crippen LogP contribution in [0.3, 0.4) is 0 Å². The summed E-state index contributed by atoms with van der Waals surface area (Å²) >= 11 is 0. The van der Waals surface area contributed by atoms with Gasteiger partial charge in [0.2, 0.25) is 0 Å². The van der Waals surface area contributed by atoms with Crippen molar-refractivity contribution in [3.63, 3.8) is 0 Å². The molecule has 390 valence electrons. The van der Waals surface area contributed by atoms with Crippen LogP contribution in [0.15, 0.2) is 279 Å². The molecule has 0 aliphatic rings. The van der Waals surface area contributed by atoms with Crippen molar-refractivity contribution in [3.8, 4) is 74.1 Å². The Balaban J connectivity index is 0.890. The lowest BCUT2D eigenvalue weighted by Gasteiger charge is -2.18. The summed E-state index contributed by atoms with van der Waals surface area (Å²) in [5.74, 6) is 1.62. The fourth-order valence-corrected chi connectivity index (χ4v) is 13.2. The smallest absolute Gasteiger partial charge is 0.166 e. The van der Waals surface area contributed by atoms with Crippen LogP contribution in [-0.2, 0) is 0 Å². The minimum atomic E-state index is 0.503. The van der Waals surface area contributed by atoms with E-state index in [9.17, 15) is 5.26 Å². The Bertz CT molecular complexity index is 5420. The molecule has 8 heteroatoms. The third-order valence-electron chi connectivity index (χ3n) is 16.9. The van der Waals surface area contributed by atoms with Gasteiger partial charge < -0.3 is 18.3 Å². The van der Waals surface area contributed by atoms with Crippen molar-refractivity contribution in [2.75, 3.05) is 0 Å². The van der Waals surface area contributed by atoms with Gasteiger partial charge in [0.05, 0.1) is 61.1 Å². The average molecular weight is 1070 g/mol. The molecule has 0 saturated heterocycles. The van der Waals surface area contributed by atoms with Crippen molar-refractivity contribution in [2.45, 2.75) is 0 Å². The number of para-hydroxylation sites is 6. The first-order chi connectivity index (χ1) is 41.6. The van der Waals surface area contributed by atoms with Gasteiger partial charge in [-0.3, -0.25) is 0 Å². The Hall–Kier alpha value is -11.7. The molecule has 0 spiro atoms. The van der Waals surface area contributed by atoms with Crippen molar-refractivity contribution in [1.29, 1.82) is 5.26 Å². The molecule has 12 aromatic carbocycles. The molecule has 0 aliphatic carbocycles. The molecule has 0 amide bonds. The number of hydrogen-bond acceptors (Lipinski definition) is 4. The summed E-state index contributed by atoms with van der Waals surface area (Å²) in [7, 11) is 0. The first kappa shape index (κ1) is 47.2. The number of nitriles is 1. The molecule has 5 aromatic heterocycles. The van der Waals surface area contributed by atoms with E-state index in [-0.39, 0.29) is 0 Å². The number of nitrogens with zero attached hydrogens (tertiary/aromatic N) is 8. The first-order valence-corrected chi connectivity index (χ1v) is 28.2. The van der Waals surface area contributed by atoms with Crippen LogP contribution in [0.4, 0.5) is 0 Å². The summed E-state index contributed by atoms with van der Waals surface area (Å²) in [6, 6.07) is 101. The molecule has 17 aromatic rings. The molecule has 84 heavy (non-hydrogen) atoms. The summed E-state index contributed by atoms with van der Waals surface area (Å²) in [5, 5.41) is 20.9. The van der Waals surface area contributed by atoms with E-state index in [1.54, 1.807) is 0 Å². The van der Waals surface area contributed by atoms with E-state index < -0.39 is 0 Å². The zero-order chi connectivity index (χ0) is 55.4. The van der Waals surface area contributed by atoms with Gasteiger partial charge in [0, 0.05) is 76.7 Å². The van der Waals surface area contributed by atoms with E-state index in [1.807, 2.05) is 60.7 Å². The van der Waals surface area contributed by atoms with Crippen LogP contribution in [0.5, 0.6) is 0 Å². The average Bonchev–Trinajstić information content (AvgIpc) is 3.14. The van der Waals surface area contributed by atoms with Gasteiger partial charge in [-0.1, -0.05) is 188 Å². The lowest BCUT2D eigenvalue weighted by atomic mass is 9.96. The Kier molecular flexibility index (Phi) is 10.5. The summed E-state index contributed by atoms with van der Waals surface area (Å²) in [6.45, 7) is 0.